The summed E-state index contributed by atoms with van der Waals surface area (Å²) in [5, 5.41) is 0. The first-order valence-electron chi connectivity index (χ1n) is 4.43. The molecule has 0 aliphatic heterocycles. The number of aryl methyl sites for hydroxylation is 1. The van der Waals surface area contributed by atoms with Gasteiger partial charge in [0.25, 0.3) is 0 Å². The van der Waals surface area contributed by atoms with Crippen LogP contribution in [0.5, 0.6) is 0 Å². The standard InChI is InChI=1S/C9H14FNO/c1-2-3-4-5-6-8-7-12-9(10)11-8/h7H,2-6H2,1H3. The Labute approximate surface area is 71.8 Å². The average molecular weight is 171 g/mol. The van der Waals surface area contributed by atoms with E-state index in [9.17, 15) is 4.39 Å². The minimum atomic E-state index is -0.722. The van der Waals surface area contributed by atoms with Crippen LogP contribution in [0.25, 0.3) is 0 Å². The van der Waals surface area contributed by atoms with Crippen LogP contribution in [-0.4, -0.2) is 4.98 Å². The Bertz CT molecular complexity index is 222. The van der Waals surface area contributed by atoms with Crippen molar-refractivity contribution >= 4 is 0 Å². The van der Waals surface area contributed by atoms with Crippen molar-refractivity contribution in [3.63, 3.8) is 0 Å². The number of hydrogen-bond donors (Lipinski definition) is 0. The minimum absolute atomic E-state index is 0.722. The molecule has 0 spiro atoms. The molecule has 68 valence electrons. The fourth-order valence-electron chi connectivity index (χ4n) is 1.13. The number of unbranched alkanes of at least 4 members (excludes halogenated alkanes) is 3. The van der Waals surface area contributed by atoms with Gasteiger partial charge in [0, 0.05) is 0 Å². The van der Waals surface area contributed by atoms with Gasteiger partial charge in [-0.25, -0.2) is 0 Å². The van der Waals surface area contributed by atoms with E-state index < -0.39 is 6.14 Å². The zero-order chi connectivity index (χ0) is 8.81. The molecule has 0 unspecified atom stereocenters. The molecule has 0 bridgehead atoms. The Balaban J connectivity index is 2.15. The minimum Gasteiger partial charge on any atom is -0.423 e. The second-order valence-electron chi connectivity index (χ2n) is 2.90. The molecule has 1 aromatic heterocycles. The average Bonchev–Trinajstić information content (AvgIpc) is 2.45. The Hall–Kier alpha value is -0.860. The van der Waals surface area contributed by atoms with Gasteiger partial charge in [0.1, 0.15) is 6.26 Å². The highest BCUT2D eigenvalue weighted by Crippen LogP contribution is 2.06. The van der Waals surface area contributed by atoms with Crippen molar-refractivity contribution in [2.24, 2.45) is 0 Å². The zero-order valence-corrected chi connectivity index (χ0v) is 7.35. The SMILES string of the molecule is CCCCCCc1coc(F)n1. The van der Waals surface area contributed by atoms with Crippen molar-refractivity contribution in [2.45, 2.75) is 39.0 Å². The zero-order valence-electron chi connectivity index (χ0n) is 7.35. The van der Waals surface area contributed by atoms with Crippen LogP contribution in [0, 0.1) is 6.14 Å². The summed E-state index contributed by atoms with van der Waals surface area (Å²) < 4.78 is 16.7. The Morgan fingerprint density at radius 2 is 2.25 bits per heavy atom. The molecule has 1 aromatic rings. The summed E-state index contributed by atoms with van der Waals surface area (Å²) in [6.07, 6.45) is 6.20. The summed E-state index contributed by atoms with van der Waals surface area (Å²) >= 11 is 0. The Morgan fingerprint density at radius 3 is 2.83 bits per heavy atom. The molecule has 0 saturated carbocycles. The third-order valence-electron chi connectivity index (χ3n) is 1.81. The van der Waals surface area contributed by atoms with Crippen LogP contribution < -0.4 is 0 Å². The molecule has 0 amide bonds. The van der Waals surface area contributed by atoms with Crippen LogP contribution >= 0.6 is 0 Å². The van der Waals surface area contributed by atoms with Gasteiger partial charge in [-0.1, -0.05) is 26.2 Å². The summed E-state index contributed by atoms with van der Waals surface area (Å²) in [7, 11) is 0. The van der Waals surface area contributed by atoms with E-state index >= 15 is 0 Å². The van der Waals surface area contributed by atoms with E-state index in [1.165, 1.54) is 25.5 Å². The van der Waals surface area contributed by atoms with Gasteiger partial charge in [-0.2, -0.15) is 4.98 Å². The molecule has 0 atom stereocenters. The number of oxazole rings is 1. The van der Waals surface area contributed by atoms with Crippen molar-refractivity contribution in [3.05, 3.63) is 18.1 Å². The van der Waals surface area contributed by atoms with Crippen LogP contribution in [0.3, 0.4) is 0 Å². The van der Waals surface area contributed by atoms with Gasteiger partial charge in [0.2, 0.25) is 0 Å². The van der Waals surface area contributed by atoms with E-state index in [2.05, 4.69) is 16.3 Å². The predicted octanol–water partition coefficient (Wildman–Crippen LogP) is 2.94. The lowest BCUT2D eigenvalue weighted by atomic mass is 10.1. The normalized spacial score (nSPS) is 10.5. The van der Waals surface area contributed by atoms with Gasteiger partial charge in [0.15, 0.2) is 0 Å². The molecule has 2 nitrogen and oxygen atoms in total. The molecule has 1 heterocycles. The summed E-state index contributed by atoms with van der Waals surface area (Å²) in [5.74, 6) is 0. The van der Waals surface area contributed by atoms with Gasteiger partial charge in [-0.15, -0.1) is 4.39 Å². The topological polar surface area (TPSA) is 26.0 Å². The maximum absolute atomic E-state index is 12.2. The van der Waals surface area contributed by atoms with Crippen LogP contribution in [0.2, 0.25) is 0 Å². The Kier molecular flexibility index (Phi) is 3.77. The molecule has 0 radical (unpaired) electrons. The molecule has 0 aliphatic rings. The van der Waals surface area contributed by atoms with E-state index in [0.29, 0.717) is 0 Å². The number of nitrogens with zero attached hydrogens (tertiary/aromatic N) is 1. The van der Waals surface area contributed by atoms with Crippen LogP contribution in [-0.2, 0) is 6.42 Å². The number of halogens is 1. The van der Waals surface area contributed by atoms with Crippen molar-refractivity contribution < 1.29 is 8.81 Å². The molecular weight excluding hydrogens is 157 g/mol. The fourth-order valence-corrected chi connectivity index (χ4v) is 1.13. The molecule has 0 aliphatic carbocycles. The molecular formula is C9H14FNO. The number of hydrogen-bond acceptors (Lipinski definition) is 2. The summed E-state index contributed by atoms with van der Waals surface area (Å²) in [5.41, 5.74) is 0.726. The van der Waals surface area contributed by atoms with E-state index in [1.54, 1.807) is 0 Å². The van der Waals surface area contributed by atoms with E-state index in [-0.39, 0.29) is 0 Å². The van der Waals surface area contributed by atoms with Crippen molar-refractivity contribution in [2.75, 3.05) is 0 Å². The summed E-state index contributed by atoms with van der Waals surface area (Å²) in [6, 6.07) is 0. The highest BCUT2D eigenvalue weighted by atomic mass is 19.1. The number of rotatable bonds is 5. The predicted molar refractivity (Wildman–Crippen MR) is 44.3 cm³/mol. The molecule has 12 heavy (non-hydrogen) atoms. The molecule has 0 fully saturated rings. The van der Waals surface area contributed by atoms with E-state index in [4.69, 9.17) is 0 Å². The second-order valence-corrected chi connectivity index (χ2v) is 2.90. The van der Waals surface area contributed by atoms with Gasteiger partial charge < -0.3 is 4.42 Å². The quantitative estimate of drug-likeness (QED) is 0.636. The Morgan fingerprint density at radius 1 is 1.42 bits per heavy atom. The van der Waals surface area contributed by atoms with Crippen molar-refractivity contribution in [1.29, 1.82) is 0 Å². The van der Waals surface area contributed by atoms with Gasteiger partial charge in [0.05, 0.1) is 5.69 Å². The number of aromatic nitrogens is 1. The first-order chi connectivity index (χ1) is 5.83. The van der Waals surface area contributed by atoms with Crippen molar-refractivity contribution in [3.8, 4) is 0 Å². The third kappa shape index (κ3) is 3.03. The second kappa shape index (κ2) is 4.91. The highest BCUT2D eigenvalue weighted by molar-refractivity contribution is 4.91. The first-order valence-corrected chi connectivity index (χ1v) is 4.43. The maximum atomic E-state index is 12.2. The fraction of sp³-hybridized carbons (Fsp3) is 0.667. The van der Waals surface area contributed by atoms with Gasteiger partial charge in [-0.3, -0.25) is 0 Å². The lowest BCUT2D eigenvalue weighted by Gasteiger charge is -1.94. The van der Waals surface area contributed by atoms with Gasteiger partial charge in [-0.05, 0) is 12.8 Å². The third-order valence-corrected chi connectivity index (χ3v) is 1.81. The summed E-state index contributed by atoms with van der Waals surface area (Å²) in [6.45, 7) is 2.16. The largest absolute Gasteiger partial charge is 0.423 e. The first kappa shape index (κ1) is 9.23. The van der Waals surface area contributed by atoms with Crippen LogP contribution in [0.1, 0.15) is 38.3 Å². The molecule has 3 heteroatoms. The molecule has 0 aromatic carbocycles. The van der Waals surface area contributed by atoms with E-state index in [1.807, 2.05) is 0 Å². The lowest BCUT2D eigenvalue weighted by Crippen LogP contribution is -1.85. The molecule has 1 rings (SSSR count). The monoisotopic (exact) mass is 171 g/mol. The van der Waals surface area contributed by atoms with Crippen molar-refractivity contribution in [1.82, 2.24) is 4.98 Å². The van der Waals surface area contributed by atoms with Crippen LogP contribution in [0.15, 0.2) is 10.7 Å². The smallest absolute Gasteiger partial charge is 0.381 e. The molecule has 0 N–H and O–H groups in total. The molecule has 0 saturated heterocycles. The summed E-state index contributed by atoms with van der Waals surface area (Å²) in [4.78, 5) is 3.57. The van der Waals surface area contributed by atoms with E-state index in [0.717, 1.165) is 18.5 Å². The maximum Gasteiger partial charge on any atom is 0.381 e. The highest BCUT2D eigenvalue weighted by Gasteiger charge is 2.00. The van der Waals surface area contributed by atoms with Crippen LogP contribution in [0.4, 0.5) is 4.39 Å². The van der Waals surface area contributed by atoms with Gasteiger partial charge >= 0.3 is 6.14 Å². The lowest BCUT2D eigenvalue weighted by molar-refractivity contribution is 0.336.